The molecule has 0 fully saturated rings. The summed E-state index contributed by atoms with van der Waals surface area (Å²) in [6.07, 6.45) is 0. The Labute approximate surface area is 146 Å². The van der Waals surface area contributed by atoms with Crippen LogP contribution in [0.1, 0.15) is 11.1 Å². The summed E-state index contributed by atoms with van der Waals surface area (Å²) in [6.45, 7) is 2.18. The standard InChI is InChI=1S/C19H22FNO4/c1-13-8-17(23-3)18(24-4)9-14(13)11-21(2)19(22)12-25-16-7-5-6-15(20)10-16/h5-10H,11-12H2,1-4H3. The summed E-state index contributed by atoms with van der Waals surface area (Å²) in [4.78, 5) is 13.8. The predicted molar refractivity (Wildman–Crippen MR) is 92.7 cm³/mol. The van der Waals surface area contributed by atoms with Gasteiger partial charge in [-0.15, -0.1) is 0 Å². The van der Waals surface area contributed by atoms with Gasteiger partial charge in [-0.3, -0.25) is 4.79 Å². The number of rotatable bonds is 7. The number of hydrogen-bond donors (Lipinski definition) is 0. The minimum Gasteiger partial charge on any atom is -0.493 e. The number of halogens is 1. The molecule has 0 saturated carbocycles. The minimum absolute atomic E-state index is 0.160. The Morgan fingerprint density at radius 1 is 1.12 bits per heavy atom. The summed E-state index contributed by atoms with van der Waals surface area (Å²) >= 11 is 0. The van der Waals surface area contributed by atoms with Crippen LogP contribution in [-0.4, -0.2) is 38.7 Å². The topological polar surface area (TPSA) is 48.0 Å². The third kappa shape index (κ3) is 4.86. The van der Waals surface area contributed by atoms with Gasteiger partial charge in [-0.05, 0) is 42.3 Å². The average Bonchev–Trinajstić information content (AvgIpc) is 2.60. The number of carbonyl (C=O) groups excluding carboxylic acids is 1. The highest BCUT2D eigenvalue weighted by Gasteiger charge is 2.14. The van der Waals surface area contributed by atoms with Gasteiger partial charge >= 0.3 is 0 Å². The molecular formula is C19H22FNO4. The first-order chi connectivity index (χ1) is 11.9. The first-order valence-corrected chi connectivity index (χ1v) is 7.78. The van der Waals surface area contributed by atoms with E-state index in [-0.39, 0.29) is 12.5 Å². The molecule has 0 aliphatic carbocycles. The lowest BCUT2D eigenvalue weighted by Gasteiger charge is -2.20. The van der Waals surface area contributed by atoms with E-state index >= 15 is 0 Å². The third-order valence-electron chi connectivity index (χ3n) is 3.83. The van der Waals surface area contributed by atoms with Crippen LogP contribution in [0, 0.1) is 12.7 Å². The van der Waals surface area contributed by atoms with Crippen molar-refractivity contribution in [3.8, 4) is 17.2 Å². The van der Waals surface area contributed by atoms with Gasteiger partial charge in [-0.1, -0.05) is 6.07 Å². The number of likely N-dealkylation sites (N-methyl/N-ethyl adjacent to an activating group) is 1. The normalized spacial score (nSPS) is 10.3. The Bertz CT molecular complexity index is 748. The van der Waals surface area contributed by atoms with Crippen molar-refractivity contribution >= 4 is 5.91 Å². The highest BCUT2D eigenvalue weighted by atomic mass is 19.1. The Balaban J connectivity index is 2.01. The van der Waals surface area contributed by atoms with Crippen molar-refractivity contribution in [1.29, 1.82) is 0 Å². The van der Waals surface area contributed by atoms with E-state index < -0.39 is 5.82 Å². The van der Waals surface area contributed by atoms with Crippen molar-refractivity contribution in [2.45, 2.75) is 13.5 Å². The molecule has 0 aromatic heterocycles. The number of aryl methyl sites for hydroxylation is 1. The maximum atomic E-state index is 13.1. The third-order valence-corrected chi connectivity index (χ3v) is 3.83. The van der Waals surface area contributed by atoms with E-state index in [1.54, 1.807) is 32.2 Å². The lowest BCUT2D eigenvalue weighted by molar-refractivity contribution is -0.132. The van der Waals surface area contributed by atoms with E-state index in [0.717, 1.165) is 11.1 Å². The summed E-state index contributed by atoms with van der Waals surface area (Å²) in [7, 11) is 4.84. The van der Waals surface area contributed by atoms with E-state index in [4.69, 9.17) is 14.2 Å². The van der Waals surface area contributed by atoms with Crippen LogP contribution in [0.4, 0.5) is 4.39 Å². The smallest absolute Gasteiger partial charge is 0.260 e. The molecule has 25 heavy (non-hydrogen) atoms. The Kier molecular flexibility index (Phi) is 6.22. The van der Waals surface area contributed by atoms with Gasteiger partial charge in [0.2, 0.25) is 0 Å². The van der Waals surface area contributed by atoms with Gasteiger partial charge in [0.25, 0.3) is 5.91 Å². The lowest BCUT2D eigenvalue weighted by Crippen LogP contribution is -2.31. The van der Waals surface area contributed by atoms with Gasteiger partial charge in [-0.25, -0.2) is 4.39 Å². The van der Waals surface area contributed by atoms with E-state index in [2.05, 4.69) is 0 Å². The summed E-state index contributed by atoms with van der Waals surface area (Å²) in [6, 6.07) is 9.42. The molecule has 134 valence electrons. The molecule has 5 nitrogen and oxygen atoms in total. The molecule has 0 atom stereocenters. The summed E-state index contributed by atoms with van der Waals surface area (Å²) in [5.41, 5.74) is 1.93. The Morgan fingerprint density at radius 3 is 2.44 bits per heavy atom. The molecule has 0 unspecified atom stereocenters. The maximum Gasteiger partial charge on any atom is 0.260 e. The van der Waals surface area contributed by atoms with Gasteiger partial charge < -0.3 is 19.1 Å². The van der Waals surface area contributed by atoms with Crippen molar-refractivity contribution < 1.29 is 23.4 Å². The maximum absolute atomic E-state index is 13.1. The molecule has 1 amide bonds. The number of benzene rings is 2. The first-order valence-electron chi connectivity index (χ1n) is 7.78. The average molecular weight is 347 g/mol. The minimum atomic E-state index is -0.403. The molecule has 0 heterocycles. The molecule has 6 heteroatoms. The van der Waals surface area contributed by atoms with Gasteiger partial charge in [0.15, 0.2) is 18.1 Å². The quantitative estimate of drug-likeness (QED) is 0.772. The van der Waals surface area contributed by atoms with Crippen LogP contribution in [0.25, 0.3) is 0 Å². The van der Waals surface area contributed by atoms with E-state index in [1.165, 1.54) is 18.2 Å². The van der Waals surface area contributed by atoms with Crippen LogP contribution in [0.3, 0.4) is 0 Å². The summed E-state index contributed by atoms with van der Waals surface area (Å²) in [5.74, 6) is 0.967. The predicted octanol–water partition coefficient (Wildman–Crippen LogP) is 3.19. The SMILES string of the molecule is COc1cc(C)c(CN(C)C(=O)COc2cccc(F)c2)cc1OC. The molecule has 2 aromatic carbocycles. The monoisotopic (exact) mass is 347 g/mol. The fourth-order valence-electron chi connectivity index (χ4n) is 2.35. The second-order valence-electron chi connectivity index (χ2n) is 5.63. The van der Waals surface area contributed by atoms with Crippen molar-refractivity contribution in [1.82, 2.24) is 4.90 Å². The highest BCUT2D eigenvalue weighted by molar-refractivity contribution is 5.77. The molecular weight excluding hydrogens is 325 g/mol. The van der Waals surface area contributed by atoms with Crippen molar-refractivity contribution in [3.63, 3.8) is 0 Å². The number of hydrogen-bond acceptors (Lipinski definition) is 4. The van der Waals surface area contributed by atoms with Crippen molar-refractivity contribution in [2.24, 2.45) is 0 Å². The number of ether oxygens (including phenoxy) is 3. The number of carbonyl (C=O) groups is 1. The fraction of sp³-hybridized carbons (Fsp3) is 0.316. The van der Waals surface area contributed by atoms with Crippen LogP contribution in [0.5, 0.6) is 17.2 Å². The second-order valence-corrected chi connectivity index (χ2v) is 5.63. The van der Waals surface area contributed by atoms with Gasteiger partial charge in [0.1, 0.15) is 11.6 Å². The van der Waals surface area contributed by atoms with Crippen LogP contribution in [-0.2, 0) is 11.3 Å². The molecule has 0 N–H and O–H groups in total. The van der Waals surface area contributed by atoms with Crippen molar-refractivity contribution in [2.75, 3.05) is 27.9 Å². The first kappa shape index (κ1) is 18.6. The van der Waals surface area contributed by atoms with Gasteiger partial charge in [0, 0.05) is 19.7 Å². The summed E-state index contributed by atoms with van der Waals surface area (Å²) < 4.78 is 29.0. The van der Waals surface area contributed by atoms with Crippen LogP contribution >= 0.6 is 0 Å². The zero-order valence-corrected chi connectivity index (χ0v) is 14.8. The Morgan fingerprint density at radius 2 is 1.80 bits per heavy atom. The van der Waals surface area contributed by atoms with Gasteiger partial charge in [-0.2, -0.15) is 0 Å². The summed E-state index contributed by atoms with van der Waals surface area (Å²) in [5, 5.41) is 0. The molecule has 2 aromatic rings. The second kappa shape index (κ2) is 8.37. The molecule has 2 rings (SSSR count). The van der Waals surface area contributed by atoms with Crippen LogP contribution in [0.2, 0.25) is 0 Å². The zero-order valence-electron chi connectivity index (χ0n) is 14.8. The largest absolute Gasteiger partial charge is 0.493 e. The van der Waals surface area contributed by atoms with Crippen molar-refractivity contribution in [3.05, 3.63) is 53.3 Å². The molecule has 0 aliphatic rings. The number of amides is 1. The Hall–Kier alpha value is -2.76. The molecule has 0 radical (unpaired) electrons. The fourth-order valence-corrected chi connectivity index (χ4v) is 2.35. The zero-order chi connectivity index (χ0) is 18.4. The van der Waals surface area contributed by atoms with E-state index in [0.29, 0.717) is 23.8 Å². The van der Waals surface area contributed by atoms with Crippen LogP contribution in [0.15, 0.2) is 36.4 Å². The van der Waals surface area contributed by atoms with Gasteiger partial charge in [0.05, 0.1) is 14.2 Å². The molecule has 0 spiro atoms. The number of methoxy groups -OCH3 is 2. The van der Waals surface area contributed by atoms with E-state index in [9.17, 15) is 9.18 Å². The molecule has 0 saturated heterocycles. The lowest BCUT2D eigenvalue weighted by atomic mass is 10.1. The van der Waals surface area contributed by atoms with Crippen LogP contribution < -0.4 is 14.2 Å². The number of nitrogens with zero attached hydrogens (tertiary/aromatic N) is 1. The molecule has 0 bridgehead atoms. The van der Waals surface area contributed by atoms with E-state index in [1.807, 2.05) is 19.1 Å². The molecule has 0 aliphatic heterocycles. The highest BCUT2D eigenvalue weighted by Crippen LogP contribution is 2.30.